The van der Waals surface area contributed by atoms with Gasteiger partial charge in [-0.2, -0.15) is 13.2 Å². The Morgan fingerprint density at radius 1 is 1.19 bits per heavy atom. The number of carbonyl (C=O) groups is 1. The van der Waals surface area contributed by atoms with Crippen molar-refractivity contribution in [1.29, 1.82) is 0 Å². The van der Waals surface area contributed by atoms with Crippen LogP contribution in [0.4, 0.5) is 23.2 Å². The molecule has 164 valence electrons. The Morgan fingerprint density at radius 2 is 1.90 bits per heavy atom. The maximum absolute atomic E-state index is 14.7. The van der Waals surface area contributed by atoms with Crippen LogP contribution in [0.2, 0.25) is 0 Å². The van der Waals surface area contributed by atoms with E-state index in [1.807, 2.05) is 13.8 Å². The molecule has 9 heteroatoms. The largest absolute Gasteiger partial charge is 0.477 e. The second-order valence-electron chi connectivity index (χ2n) is 7.62. The summed E-state index contributed by atoms with van der Waals surface area (Å²) >= 11 is 0. The molecule has 3 aromatic rings. The van der Waals surface area contributed by atoms with Crippen molar-refractivity contribution < 1.29 is 27.5 Å². The number of benzene rings is 2. The summed E-state index contributed by atoms with van der Waals surface area (Å²) in [4.78, 5) is 23.9. The van der Waals surface area contributed by atoms with Crippen molar-refractivity contribution in [3.63, 3.8) is 0 Å². The van der Waals surface area contributed by atoms with E-state index in [0.29, 0.717) is 17.6 Å². The number of fused-ring (bicyclic) bond motifs is 1. The maximum Gasteiger partial charge on any atom is 0.416 e. The number of rotatable bonds is 6. The molecule has 0 spiro atoms. The van der Waals surface area contributed by atoms with Gasteiger partial charge in [0.25, 0.3) is 0 Å². The summed E-state index contributed by atoms with van der Waals surface area (Å²) in [5.74, 6) is -2.11. The van der Waals surface area contributed by atoms with Gasteiger partial charge in [0.15, 0.2) is 0 Å². The first-order chi connectivity index (χ1) is 14.5. The zero-order valence-corrected chi connectivity index (χ0v) is 16.8. The molecule has 1 aromatic heterocycles. The van der Waals surface area contributed by atoms with Crippen LogP contribution in [0.15, 0.2) is 47.4 Å². The third-order valence-corrected chi connectivity index (χ3v) is 4.70. The van der Waals surface area contributed by atoms with E-state index in [4.69, 9.17) is 0 Å². The van der Waals surface area contributed by atoms with Gasteiger partial charge in [-0.1, -0.05) is 26.0 Å². The molecule has 0 saturated heterocycles. The smallest absolute Gasteiger partial charge is 0.416 e. The summed E-state index contributed by atoms with van der Waals surface area (Å²) in [7, 11) is 0. The first-order valence-corrected chi connectivity index (χ1v) is 9.47. The monoisotopic (exact) mass is 436 g/mol. The number of anilines is 1. The highest BCUT2D eigenvalue weighted by molar-refractivity contribution is 5.93. The summed E-state index contributed by atoms with van der Waals surface area (Å²) in [6.45, 7) is 4.12. The van der Waals surface area contributed by atoms with E-state index in [0.717, 1.165) is 18.2 Å². The van der Waals surface area contributed by atoms with E-state index >= 15 is 0 Å². The minimum atomic E-state index is -4.49. The van der Waals surface area contributed by atoms with Gasteiger partial charge in [0.1, 0.15) is 11.4 Å². The lowest BCUT2D eigenvalue weighted by atomic mass is 10.1. The first-order valence-electron chi connectivity index (χ1n) is 9.47. The van der Waals surface area contributed by atoms with Crippen LogP contribution < -0.4 is 10.7 Å². The van der Waals surface area contributed by atoms with Crippen LogP contribution in [0.5, 0.6) is 0 Å². The number of carboxylic acids is 1. The predicted molar refractivity (Wildman–Crippen MR) is 109 cm³/mol. The number of hydrogen-bond donors (Lipinski definition) is 2. The van der Waals surface area contributed by atoms with E-state index in [1.54, 1.807) is 4.57 Å². The molecule has 0 atom stereocenters. The summed E-state index contributed by atoms with van der Waals surface area (Å²) in [6.07, 6.45) is -3.26. The molecular weight excluding hydrogens is 416 g/mol. The van der Waals surface area contributed by atoms with Crippen molar-refractivity contribution in [2.24, 2.45) is 5.92 Å². The van der Waals surface area contributed by atoms with E-state index in [2.05, 4.69) is 5.32 Å². The van der Waals surface area contributed by atoms with Crippen LogP contribution in [0, 0.1) is 11.7 Å². The molecule has 0 aliphatic rings. The van der Waals surface area contributed by atoms with Crippen LogP contribution in [0.3, 0.4) is 0 Å². The summed E-state index contributed by atoms with van der Waals surface area (Å²) in [5.41, 5.74) is -1.45. The quantitative estimate of drug-likeness (QED) is 0.526. The molecule has 5 nitrogen and oxygen atoms in total. The normalized spacial score (nSPS) is 11.8. The van der Waals surface area contributed by atoms with Gasteiger partial charge in [-0.15, -0.1) is 0 Å². The maximum atomic E-state index is 14.7. The van der Waals surface area contributed by atoms with Crippen LogP contribution in [0.25, 0.3) is 10.9 Å². The number of nitrogens with zero attached hydrogens (tertiary/aromatic N) is 1. The molecule has 0 unspecified atom stereocenters. The number of carboxylic acid groups (broad SMARTS) is 1. The van der Waals surface area contributed by atoms with Crippen molar-refractivity contribution in [1.82, 2.24) is 4.57 Å². The van der Waals surface area contributed by atoms with Gasteiger partial charge >= 0.3 is 12.1 Å². The van der Waals surface area contributed by atoms with Crippen LogP contribution >= 0.6 is 0 Å². The lowest BCUT2D eigenvalue weighted by molar-refractivity contribution is -0.137. The second-order valence-corrected chi connectivity index (χ2v) is 7.62. The van der Waals surface area contributed by atoms with Crippen LogP contribution in [0.1, 0.15) is 35.3 Å². The topological polar surface area (TPSA) is 71.3 Å². The Bertz CT molecular complexity index is 1200. The fourth-order valence-electron chi connectivity index (χ4n) is 3.30. The third-order valence-electron chi connectivity index (χ3n) is 4.70. The fourth-order valence-corrected chi connectivity index (χ4v) is 3.30. The van der Waals surface area contributed by atoms with Gasteiger partial charge in [0.05, 0.1) is 16.8 Å². The van der Waals surface area contributed by atoms with E-state index in [-0.39, 0.29) is 23.5 Å². The van der Waals surface area contributed by atoms with Gasteiger partial charge in [-0.3, -0.25) is 4.79 Å². The molecule has 2 N–H and O–H groups in total. The van der Waals surface area contributed by atoms with Crippen LogP contribution in [-0.2, 0) is 19.3 Å². The number of nitrogens with one attached hydrogen (secondary N) is 1. The summed E-state index contributed by atoms with van der Waals surface area (Å²) in [6, 6.07) is 6.99. The molecule has 2 aromatic carbocycles. The number of pyridine rings is 1. The van der Waals surface area contributed by atoms with E-state index < -0.39 is 34.5 Å². The third kappa shape index (κ3) is 4.87. The fraction of sp³-hybridized carbons (Fsp3) is 0.273. The van der Waals surface area contributed by atoms with E-state index in [1.165, 1.54) is 24.4 Å². The molecule has 0 aliphatic carbocycles. The standard InChI is InChI=1S/C22H20F4N2O3/c1-12(2)10-28-11-16(21(30)31)20(29)15-7-17(23)18(8-19(15)28)27-9-13-4-3-5-14(6-13)22(24,25)26/h3-8,11-12,27H,9-10H2,1-2H3,(H,30,31). The molecular formula is C22H20F4N2O3. The molecule has 0 bridgehead atoms. The summed E-state index contributed by atoms with van der Waals surface area (Å²) < 4.78 is 54.9. The molecule has 0 amide bonds. The van der Waals surface area contributed by atoms with Gasteiger partial charge in [-0.05, 0) is 35.7 Å². The van der Waals surface area contributed by atoms with Crippen molar-refractivity contribution in [2.75, 3.05) is 5.32 Å². The van der Waals surface area contributed by atoms with Gasteiger partial charge in [0, 0.05) is 24.7 Å². The predicted octanol–water partition coefficient (Wildman–Crippen LogP) is 5.13. The first kappa shape index (κ1) is 22.3. The Labute approximate surface area is 174 Å². The Kier molecular flexibility index (Phi) is 6.06. The molecule has 0 fully saturated rings. The zero-order valence-electron chi connectivity index (χ0n) is 16.8. The highest BCUT2D eigenvalue weighted by atomic mass is 19.4. The Hall–Kier alpha value is -3.36. The highest BCUT2D eigenvalue weighted by Crippen LogP contribution is 2.30. The second kappa shape index (κ2) is 8.41. The molecule has 3 rings (SSSR count). The average Bonchev–Trinajstić information content (AvgIpc) is 2.68. The van der Waals surface area contributed by atoms with Gasteiger partial charge in [-0.25, -0.2) is 9.18 Å². The Balaban J connectivity index is 2.02. The zero-order chi connectivity index (χ0) is 22.9. The summed E-state index contributed by atoms with van der Waals surface area (Å²) in [5, 5.41) is 12.0. The number of aromatic carboxylic acids is 1. The van der Waals surface area contributed by atoms with Crippen molar-refractivity contribution in [2.45, 2.75) is 33.1 Å². The SMILES string of the molecule is CC(C)Cn1cc(C(=O)O)c(=O)c2cc(F)c(NCc3cccc(C(F)(F)F)c3)cc21. The van der Waals surface area contributed by atoms with E-state index in [9.17, 15) is 32.3 Å². The number of halogens is 4. The highest BCUT2D eigenvalue weighted by Gasteiger charge is 2.30. The van der Waals surface area contributed by atoms with Gasteiger partial charge in [0.2, 0.25) is 5.43 Å². The molecule has 0 radical (unpaired) electrons. The molecule has 31 heavy (non-hydrogen) atoms. The minimum Gasteiger partial charge on any atom is -0.477 e. The molecule has 1 heterocycles. The lowest BCUT2D eigenvalue weighted by Crippen LogP contribution is -2.20. The van der Waals surface area contributed by atoms with Crippen molar-refractivity contribution in [3.05, 3.63) is 75.3 Å². The lowest BCUT2D eigenvalue weighted by Gasteiger charge is -2.16. The van der Waals surface area contributed by atoms with Crippen molar-refractivity contribution in [3.8, 4) is 0 Å². The van der Waals surface area contributed by atoms with Crippen molar-refractivity contribution >= 4 is 22.6 Å². The molecule has 0 saturated carbocycles. The number of hydrogen-bond acceptors (Lipinski definition) is 3. The Morgan fingerprint density at radius 3 is 2.52 bits per heavy atom. The molecule has 0 aliphatic heterocycles. The van der Waals surface area contributed by atoms with Gasteiger partial charge < -0.3 is 15.0 Å². The van der Waals surface area contributed by atoms with Crippen LogP contribution in [-0.4, -0.2) is 15.6 Å². The number of alkyl halides is 3. The number of aromatic nitrogens is 1. The average molecular weight is 436 g/mol. The minimum absolute atomic E-state index is 0.00936.